The second kappa shape index (κ2) is 6.21. The Kier molecular flexibility index (Phi) is 4.38. The van der Waals surface area contributed by atoms with Crippen LogP contribution in [0, 0.1) is 11.3 Å². The van der Waals surface area contributed by atoms with Gasteiger partial charge in [0.15, 0.2) is 0 Å². The van der Waals surface area contributed by atoms with Crippen LogP contribution < -0.4 is 10.1 Å². The van der Waals surface area contributed by atoms with Crippen molar-refractivity contribution < 1.29 is 4.74 Å². The fraction of sp³-hybridized carbons (Fsp3) is 0.312. The highest BCUT2D eigenvalue weighted by Gasteiger charge is 2.09. The van der Waals surface area contributed by atoms with Crippen molar-refractivity contribution in [3.63, 3.8) is 0 Å². The van der Waals surface area contributed by atoms with Crippen LogP contribution in [0.3, 0.4) is 0 Å². The summed E-state index contributed by atoms with van der Waals surface area (Å²) in [4.78, 5) is 0. The lowest BCUT2D eigenvalue weighted by molar-refractivity contribution is 0.415. The number of nitrogens with one attached hydrogen (secondary N) is 1. The average Bonchev–Trinajstić information content (AvgIpc) is 2.47. The van der Waals surface area contributed by atoms with E-state index in [1.807, 2.05) is 30.3 Å². The third-order valence-electron chi connectivity index (χ3n) is 3.13. The summed E-state index contributed by atoms with van der Waals surface area (Å²) in [5.41, 5.74) is 1.01. The van der Waals surface area contributed by atoms with Crippen molar-refractivity contribution in [3.8, 4) is 11.8 Å². The summed E-state index contributed by atoms with van der Waals surface area (Å²) in [6.07, 6.45) is 1.02. The topological polar surface area (TPSA) is 45.0 Å². The minimum absolute atomic E-state index is 0.244. The van der Waals surface area contributed by atoms with E-state index in [0.717, 1.165) is 35.1 Å². The Balaban J connectivity index is 2.33. The van der Waals surface area contributed by atoms with Gasteiger partial charge in [-0.1, -0.05) is 25.1 Å². The molecule has 2 rings (SSSR count). The molecule has 0 aromatic heterocycles. The van der Waals surface area contributed by atoms with Gasteiger partial charge in [0, 0.05) is 0 Å². The zero-order valence-electron chi connectivity index (χ0n) is 11.3. The second-order valence-corrected chi connectivity index (χ2v) is 4.49. The van der Waals surface area contributed by atoms with Crippen LogP contribution in [0.4, 0.5) is 0 Å². The molecule has 2 aromatic rings. The maximum absolute atomic E-state index is 9.23. The Hall–Kier alpha value is -2.05. The number of nitriles is 1. The third kappa shape index (κ3) is 3.04. The minimum Gasteiger partial charge on any atom is -0.497 e. The van der Waals surface area contributed by atoms with Crippen molar-refractivity contribution in [2.24, 2.45) is 0 Å². The molecule has 0 aliphatic rings. The molecule has 19 heavy (non-hydrogen) atoms. The molecule has 1 unspecified atom stereocenters. The number of hydrogen-bond acceptors (Lipinski definition) is 3. The monoisotopic (exact) mass is 254 g/mol. The number of rotatable bonds is 5. The van der Waals surface area contributed by atoms with Gasteiger partial charge in [-0.25, -0.2) is 0 Å². The van der Waals surface area contributed by atoms with Crippen molar-refractivity contribution in [2.75, 3.05) is 13.7 Å². The minimum atomic E-state index is -0.244. The van der Waals surface area contributed by atoms with E-state index in [9.17, 15) is 5.26 Å². The Morgan fingerprint density at radius 2 is 1.95 bits per heavy atom. The maximum Gasteiger partial charge on any atom is 0.121 e. The van der Waals surface area contributed by atoms with Gasteiger partial charge in [-0.15, -0.1) is 0 Å². The van der Waals surface area contributed by atoms with E-state index in [1.54, 1.807) is 7.11 Å². The standard InChI is InChI=1S/C16H18N2O/c1-3-8-18-16(11-17)14-5-4-13-10-15(19-2)7-6-12(13)9-14/h4-7,9-10,16,18H,3,8H2,1-2H3. The van der Waals surface area contributed by atoms with Crippen molar-refractivity contribution in [1.29, 1.82) is 5.26 Å². The van der Waals surface area contributed by atoms with Gasteiger partial charge in [-0.05, 0) is 47.5 Å². The lowest BCUT2D eigenvalue weighted by atomic mass is 10.0. The molecule has 0 heterocycles. The van der Waals surface area contributed by atoms with Crippen LogP contribution in [0.1, 0.15) is 24.9 Å². The van der Waals surface area contributed by atoms with Crippen LogP contribution in [0.5, 0.6) is 5.75 Å². The van der Waals surface area contributed by atoms with Gasteiger partial charge in [0.1, 0.15) is 11.8 Å². The first kappa shape index (κ1) is 13.4. The van der Waals surface area contributed by atoms with Gasteiger partial charge in [-0.2, -0.15) is 5.26 Å². The summed E-state index contributed by atoms with van der Waals surface area (Å²) in [6.45, 7) is 2.94. The van der Waals surface area contributed by atoms with Gasteiger partial charge in [-0.3, -0.25) is 5.32 Å². The smallest absolute Gasteiger partial charge is 0.121 e. The SMILES string of the molecule is CCCNC(C#N)c1ccc2cc(OC)ccc2c1. The molecule has 0 spiro atoms. The summed E-state index contributed by atoms with van der Waals surface area (Å²) in [5, 5.41) is 14.7. The Bertz CT molecular complexity index is 601. The van der Waals surface area contributed by atoms with Gasteiger partial charge in [0.05, 0.1) is 13.2 Å². The molecule has 0 aliphatic carbocycles. The molecule has 98 valence electrons. The molecule has 3 nitrogen and oxygen atoms in total. The van der Waals surface area contributed by atoms with Crippen LogP contribution in [0.25, 0.3) is 10.8 Å². The molecule has 0 bridgehead atoms. The fourth-order valence-electron chi connectivity index (χ4n) is 2.08. The number of hydrogen-bond donors (Lipinski definition) is 1. The van der Waals surface area contributed by atoms with Crippen molar-refractivity contribution >= 4 is 10.8 Å². The molecule has 0 amide bonds. The maximum atomic E-state index is 9.23. The molecule has 2 aromatic carbocycles. The summed E-state index contributed by atoms with van der Waals surface area (Å²) in [7, 11) is 1.66. The van der Waals surface area contributed by atoms with E-state index >= 15 is 0 Å². The van der Waals surface area contributed by atoms with E-state index in [-0.39, 0.29) is 6.04 Å². The number of methoxy groups -OCH3 is 1. The Morgan fingerprint density at radius 1 is 1.21 bits per heavy atom. The summed E-state index contributed by atoms with van der Waals surface area (Å²) < 4.78 is 5.21. The summed E-state index contributed by atoms with van der Waals surface area (Å²) >= 11 is 0. The molecule has 3 heteroatoms. The second-order valence-electron chi connectivity index (χ2n) is 4.49. The highest BCUT2D eigenvalue weighted by atomic mass is 16.5. The van der Waals surface area contributed by atoms with Gasteiger partial charge in [0.25, 0.3) is 0 Å². The molecular weight excluding hydrogens is 236 g/mol. The van der Waals surface area contributed by atoms with Crippen LogP contribution in [-0.2, 0) is 0 Å². The van der Waals surface area contributed by atoms with Crippen molar-refractivity contribution in [1.82, 2.24) is 5.32 Å². The average molecular weight is 254 g/mol. The Morgan fingerprint density at radius 3 is 2.63 bits per heavy atom. The summed E-state index contributed by atoms with van der Waals surface area (Å²) in [5.74, 6) is 0.848. The van der Waals surface area contributed by atoms with Crippen LogP contribution in [-0.4, -0.2) is 13.7 Å². The molecule has 0 fully saturated rings. The molecule has 1 N–H and O–H groups in total. The number of benzene rings is 2. The lowest BCUT2D eigenvalue weighted by Gasteiger charge is -2.12. The van der Waals surface area contributed by atoms with E-state index in [4.69, 9.17) is 4.74 Å². The number of nitrogens with zero attached hydrogens (tertiary/aromatic N) is 1. The molecule has 1 atom stereocenters. The zero-order chi connectivity index (χ0) is 13.7. The van der Waals surface area contributed by atoms with Crippen molar-refractivity contribution in [2.45, 2.75) is 19.4 Å². The van der Waals surface area contributed by atoms with Gasteiger partial charge >= 0.3 is 0 Å². The van der Waals surface area contributed by atoms with E-state index in [0.29, 0.717) is 0 Å². The van der Waals surface area contributed by atoms with Crippen LogP contribution in [0.2, 0.25) is 0 Å². The summed E-state index contributed by atoms with van der Waals surface area (Å²) in [6, 6.07) is 14.1. The molecule has 0 radical (unpaired) electrons. The fourth-order valence-corrected chi connectivity index (χ4v) is 2.08. The normalized spacial score (nSPS) is 12.1. The van der Waals surface area contributed by atoms with Gasteiger partial charge < -0.3 is 4.74 Å². The first-order valence-electron chi connectivity index (χ1n) is 6.49. The predicted molar refractivity (Wildman–Crippen MR) is 77.1 cm³/mol. The number of fused-ring (bicyclic) bond motifs is 1. The molecular formula is C16H18N2O. The van der Waals surface area contributed by atoms with Crippen molar-refractivity contribution in [3.05, 3.63) is 42.0 Å². The molecule has 0 saturated heterocycles. The quantitative estimate of drug-likeness (QED) is 0.889. The van der Waals surface area contributed by atoms with E-state index in [2.05, 4.69) is 24.4 Å². The Labute approximate surface area is 113 Å². The zero-order valence-corrected chi connectivity index (χ0v) is 11.3. The third-order valence-corrected chi connectivity index (χ3v) is 3.13. The lowest BCUT2D eigenvalue weighted by Crippen LogP contribution is -2.20. The molecule has 0 aliphatic heterocycles. The van der Waals surface area contributed by atoms with E-state index in [1.165, 1.54) is 0 Å². The predicted octanol–water partition coefficient (Wildman–Crippen LogP) is 3.41. The van der Waals surface area contributed by atoms with Crippen LogP contribution in [0.15, 0.2) is 36.4 Å². The molecule has 0 saturated carbocycles. The largest absolute Gasteiger partial charge is 0.497 e. The van der Waals surface area contributed by atoms with Crippen LogP contribution >= 0.6 is 0 Å². The number of ether oxygens (including phenoxy) is 1. The highest BCUT2D eigenvalue weighted by Crippen LogP contribution is 2.24. The van der Waals surface area contributed by atoms with E-state index < -0.39 is 0 Å². The highest BCUT2D eigenvalue weighted by molar-refractivity contribution is 5.84. The van der Waals surface area contributed by atoms with Gasteiger partial charge in [0.2, 0.25) is 0 Å². The first-order chi connectivity index (χ1) is 9.28. The first-order valence-corrected chi connectivity index (χ1v) is 6.49.